The zero-order valence-electron chi connectivity index (χ0n) is 16.3. The zero-order valence-corrected chi connectivity index (χ0v) is 16.3. The smallest absolute Gasteiger partial charge is 0.228 e. The van der Waals surface area contributed by atoms with Crippen LogP contribution in [0.3, 0.4) is 0 Å². The summed E-state index contributed by atoms with van der Waals surface area (Å²) in [6, 6.07) is 3.93. The van der Waals surface area contributed by atoms with Crippen LogP contribution < -0.4 is 0 Å². The van der Waals surface area contributed by atoms with Crippen LogP contribution in [0.1, 0.15) is 58.4 Å². The number of aromatic nitrogens is 1. The molecule has 2 aliphatic rings. The minimum atomic E-state index is -0.306. The third-order valence-corrected chi connectivity index (χ3v) is 6.28. The maximum atomic E-state index is 13.0. The molecule has 0 aliphatic carbocycles. The summed E-state index contributed by atoms with van der Waals surface area (Å²) in [4.78, 5) is 33.5. The highest BCUT2D eigenvalue weighted by molar-refractivity contribution is 5.82. The van der Waals surface area contributed by atoms with Crippen molar-refractivity contribution in [3.05, 3.63) is 30.1 Å². The Balaban J connectivity index is 1.72. The van der Waals surface area contributed by atoms with Gasteiger partial charge in [-0.05, 0) is 43.4 Å². The first-order valence-corrected chi connectivity index (χ1v) is 9.81. The van der Waals surface area contributed by atoms with Gasteiger partial charge in [0, 0.05) is 55.8 Å². The van der Waals surface area contributed by atoms with E-state index >= 15 is 0 Å². The Hall–Kier alpha value is -1.91. The number of piperidine rings is 2. The summed E-state index contributed by atoms with van der Waals surface area (Å²) in [5, 5.41) is 0. The van der Waals surface area contributed by atoms with Crippen molar-refractivity contribution in [2.45, 2.75) is 59.4 Å². The molecule has 1 atom stereocenters. The fraction of sp³-hybridized carbons (Fsp3) is 0.667. The maximum Gasteiger partial charge on any atom is 0.228 e. The normalized spacial score (nSPS) is 24.2. The second-order valence-electron chi connectivity index (χ2n) is 8.67. The van der Waals surface area contributed by atoms with Crippen molar-refractivity contribution in [3.63, 3.8) is 0 Å². The molecular weight excluding hydrogens is 326 g/mol. The lowest BCUT2D eigenvalue weighted by atomic mass is 9.73. The van der Waals surface area contributed by atoms with Crippen LogP contribution in [0.5, 0.6) is 0 Å². The van der Waals surface area contributed by atoms with Gasteiger partial charge in [-0.15, -0.1) is 0 Å². The van der Waals surface area contributed by atoms with Crippen molar-refractivity contribution in [2.75, 3.05) is 19.6 Å². The predicted molar refractivity (Wildman–Crippen MR) is 101 cm³/mol. The molecule has 0 bridgehead atoms. The average Bonchev–Trinajstić information content (AvgIpc) is 2.65. The Labute approximate surface area is 156 Å². The van der Waals surface area contributed by atoms with Gasteiger partial charge in [-0.2, -0.15) is 0 Å². The van der Waals surface area contributed by atoms with Gasteiger partial charge in [-0.3, -0.25) is 14.6 Å². The number of hydrogen-bond acceptors (Lipinski definition) is 3. The predicted octanol–water partition coefficient (Wildman–Crippen LogP) is 3.25. The highest BCUT2D eigenvalue weighted by Gasteiger charge is 2.44. The number of nitrogens with zero attached hydrogens (tertiary/aromatic N) is 3. The molecule has 2 aliphatic heterocycles. The molecule has 2 amide bonds. The number of carbonyl (C=O) groups excluding carboxylic acids is 2. The van der Waals surface area contributed by atoms with Crippen molar-refractivity contribution in [1.82, 2.24) is 14.8 Å². The Morgan fingerprint density at radius 1 is 1.23 bits per heavy atom. The lowest BCUT2D eigenvalue weighted by Crippen LogP contribution is -2.56. The van der Waals surface area contributed by atoms with E-state index in [1.807, 2.05) is 30.9 Å². The molecule has 0 aromatic carbocycles. The summed E-state index contributed by atoms with van der Waals surface area (Å²) < 4.78 is 0. The van der Waals surface area contributed by atoms with Crippen molar-refractivity contribution < 1.29 is 9.59 Å². The summed E-state index contributed by atoms with van der Waals surface area (Å²) in [7, 11) is 0. The second kappa shape index (κ2) is 7.37. The molecule has 142 valence electrons. The molecule has 0 saturated carbocycles. The number of carbonyl (C=O) groups is 2. The van der Waals surface area contributed by atoms with E-state index in [1.54, 1.807) is 12.4 Å². The molecular formula is C21H31N3O2. The van der Waals surface area contributed by atoms with E-state index in [4.69, 9.17) is 0 Å². The Bertz CT molecular complexity index is 658. The van der Waals surface area contributed by atoms with Gasteiger partial charge >= 0.3 is 0 Å². The largest absolute Gasteiger partial charge is 0.342 e. The molecule has 5 heteroatoms. The highest BCUT2D eigenvalue weighted by Crippen LogP contribution is 2.40. The molecule has 5 nitrogen and oxygen atoms in total. The van der Waals surface area contributed by atoms with Gasteiger partial charge in [0.05, 0.1) is 0 Å². The van der Waals surface area contributed by atoms with E-state index in [2.05, 4.69) is 16.8 Å². The van der Waals surface area contributed by atoms with Crippen LogP contribution in [0.2, 0.25) is 0 Å². The van der Waals surface area contributed by atoms with E-state index in [0.29, 0.717) is 13.0 Å². The summed E-state index contributed by atoms with van der Waals surface area (Å²) in [5.41, 5.74) is 0.861. The van der Waals surface area contributed by atoms with Crippen molar-refractivity contribution in [3.8, 4) is 0 Å². The first kappa shape index (κ1) is 18.9. The third-order valence-electron chi connectivity index (χ3n) is 6.28. The molecule has 3 heterocycles. The maximum absolute atomic E-state index is 13.0. The van der Waals surface area contributed by atoms with E-state index in [9.17, 15) is 9.59 Å². The Kier molecular flexibility index (Phi) is 5.35. The quantitative estimate of drug-likeness (QED) is 0.831. The number of rotatable bonds is 4. The lowest BCUT2D eigenvalue weighted by molar-refractivity contribution is -0.148. The van der Waals surface area contributed by atoms with Gasteiger partial charge in [0.1, 0.15) is 0 Å². The van der Waals surface area contributed by atoms with Crippen LogP contribution in [0.25, 0.3) is 0 Å². The molecule has 1 aromatic rings. The van der Waals surface area contributed by atoms with Crippen LogP contribution in [-0.4, -0.2) is 46.2 Å². The minimum absolute atomic E-state index is 0.0542. The van der Waals surface area contributed by atoms with E-state index < -0.39 is 0 Å². The SMILES string of the molecule is CCC(C)(C)C(=O)N1CCCC2(CCC(=O)N(Cc3ccncc3)C2)C1. The van der Waals surface area contributed by atoms with Crippen LogP contribution in [0.4, 0.5) is 0 Å². The minimum Gasteiger partial charge on any atom is -0.342 e. The van der Waals surface area contributed by atoms with Crippen molar-refractivity contribution in [2.24, 2.45) is 10.8 Å². The highest BCUT2D eigenvalue weighted by atomic mass is 16.2. The molecule has 1 aromatic heterocycles. The molecule has 2 fully saturated rings. The molecule has 26 heavy (non-hydrogen) atoms. The van der Waals surface area contributed by atoms with Crippen LogP contribution in [-0.2, 0) is 16.1 Å². The summed E-state index contributed by atoms with van der Waals surface area (Å²) in [6.45, 7) is 9.18. The number of hydrogen-bond donors (Lipinski definition) is 0. The van der Waals surface area contributed by atoms with E-state index in [1.165, 1.54) is 0 Å². The van der Waals surface area contributed by atoms with E-state index in [-0.39, 0.29) is 22.6 Å². The van der Waals surface area contributed by atoms with Gasteiger partial charge in [0.2, 0.25) is 11.8 Å². The molecule has 3 rings (SSSR count). The van der Waals surface area contributed by atoms with Gasteiger partial charge in [0.25, 0.3) is 0 Å². The average molecular weight is 357 g/mol. The van der Waals surface area contributed by atoms with Crippen LogP contribution >= 0.6 is 0 Å². The Morgan fingerprint density at radius 3 is 2.65 bits per heavy atom. The molecule has 1 unspecified atom stereocenters. The van der Waals surface area contributed by atoms with E-state index in [0.717, 1.165) is 50.9 Å². The number of amides is 2. The first-order chi connectivity index (χ1) is 12.4. The molecule has 0 N–H and O–H groups in total. The Morgan fingerprint density at radius 2 is 1.96 bits per heavy atom. The van der Waals surface area contributed by atoms with Crippen LogP contribution in [0, 0.1) is 10.8 Å². The molecule has 0 radical (unpaired) electrons. The van der Waals surface area contributed by atoms with Gasteiger partial charge < -0.3 is 9.80 Å². The lowest BCUT2D eigenvalue weighted by Gasteiger charge is -2.49. The van der Waals surface area contributed by atoms with Crippen LogP contribution in [0.15, 0.2) is 24.5 Å². The zero-order chi connectivity index (χ0) is 18.8. The number of likely N-dealkylation sites (tertiary alicyclic amines) is 2. The fourth-order valence-corrected chi connectivity index (χ4v) is 4.25. The second-order valence-corrected chi connectivity index (χ2v) is 8.67. The van der Waals surface area contributed by atoms with Crippen molar-refractivity contribution in [1.29, 1.82) is 0 Å². The van der Waals surface area contributed by atoms with Gasteiger partial charge in [0.15, 0.2) is 0 Å². The number of pyridine rings is 1. The van der Waals surface area contributed by atoms with Gasteiger partial charge in [-0.1, -0.05) is 20.8 Å². The summed E-state index contributed by atoms with van der Waals surface area (Å²) >= 11 is 0. The van der Waals surface area contributed by atoms with Gasteiger partial charge in [-0.25, -0.2) is 0 Å². The fourth-order valence-electron chi connectivity index (χ4n) is 4.25. The summed E-state index contributed by atoms with van der Waals surface area (Å²) in [5.74, 6) is 0.487. The first-order valence-electron chi connectivity index (χ1n) is 9.81. The topological polar surface area (TPSA) is 53.5 Å². The standard InChI is InChI=1S/C21H31N3O2/c1-4-20(2,3)19(26)23-13-5-9-21(15-23)10-6-18(25)24(16-21)14-17-7-11-22-12-8-17/h7-8,11-12H,4-6,9-10,13-16H2,1-3H3. The molecule has 1 spiro atoms. The molecule has 2 saturated heterocycles. The summed E-state index contributed by atoms with van der Waals surface area (Å²) in [6.07, 6.45) is 8.01. The monoisotopic (exact) mass is 357 g/mol. The third kappa shape index (κ3) is 3.92. The van der Waals surface area contributed by atoms with Crippen molar-refractivity contribution >= 4 is 11.8 Å².